The van der Waals surface area contributed by atoms with E-state index < -0.39 is 15.8 Å². The van der Waals surface area contributed by atoms with Crippen molar-refractivity contribution < 1.29 is 12.8 Å². The molecule has 0 aliphatic rings. The first-order chi connectivity index (χ1) is 9.88. The molecule has 2 aromatic rings. The van der Waals surface area contributed by atoms with Crippen molar-refractivity contribution in [2.75, 3.05) is 12.3 Å². The molecule has 0 heterocycles. The van der Waals surface area contributed by atoms with Crippen molar-refractivity contribution in [2.45, 2.75) is 11.3 Å². The molecule has 0 saturated heterocycles. The molecule has 0 amide bonds. The van der Waals surface area contributed by atoms with Gasteiger partial charge >= 0.3 is 0 Å². The van der Waals surface area contributed by atoms with Crippen LogP contribution in [0.5, 0.6) is 0 Å². The van der Waals surface area contributed by atoms with Crippen LogP contribution in [0.25, 0.3) is 0 Å². The average Bonchev–Trinajstić information content (AvgIpc) is 2.38. The lowest BCUT2D eigenvalue weighted by molar-refractivity contribution is 0.581. The van der Waals surface area contributed by atoms with Crippen molar-refractivity contribution >= 4 is 27.3 Å². The van der Waals surface area contributed by atoms with E-state index in [0.717, 1.165) is 23.8 Å². The molecule has 0 spiro atoms. The molecule has 0 atom stereocenters. The molecule has 112 valence electrons. The van der Waals surface area contributed by atoms with Gasteiger partial charge in [0.25, 0.3) is 0 Å². The lowest BCUT2D eigenvalue weighted by Gasteiger charge is -2.09. The molecule has 4 nitrogen and oxygen atoms in total. The predicted molar refractivity (Wildman–Crippen MR) is 81.2 cm³/mol. The summed E-state index contributed by atoms with van der Waals surface area (Å²) < 4.78 is 39.5. The normalized spacial score (nSPS) is 11.5. The van der Waals surface area contributed by atoms with E-state index >= 15 is 0 Å². The largest absolute Gasteiger partial charge is 0.398 e. The Kier molecular flexibility index (Phi) is 4.82. The number of sulfonamides is 1. The Hall–Kier alpha value is -1.63. The molecule has 0 aliphatic heterocycles. The molecular formula is C14H14ClFN2O2S. The number of nitrogen functional groups attached to an aromatic ring is 1. The minimum absolute atomic E-state index is 0.120. The van der Waals surface area contributed by atoms with Crippen molar-refractivity contribution in [2.24, 2.45) is 0 Å². The van der Waals surface area contributed by atoms with Crippen molar-refractivity contribution in [1.82, 2.24) is 4.72 Å². The fourth-order valence-corrected chi connectivity index (χ4v) is 3.22. The van der Waals surface area contributed by atoms with E-state index in [4.69, 9.17) is 17.3 Å². The number of nitrogens with one attached hydrogen (secondary N) is 1. The molecule has 0 unspecified atom stereocenters. The van der Waals surface area contributed by atoms with E-state index in [2.05, 4.69) is 4.72 Å². The maximum Gasteiger partial charge on any atom is 0.242 e. The highest BCUT2D eigenvalue weighted by Crippen LogP contribution is 2.19. The van der Waals surface area contributed by atoms with Gasteiger partial charge in [0.2, 0.25) is 10.0 Å². The van der Waals surface area contributed by atoms with Crippen LogP contribution in [-0.2, 0) is 16.4 Å². The molecule has 0 bridgehead atoms. The smallest absolute Gasteiger partial charge is 0.242 e. The Balaban J connectivity index is 2.05. The van der Waals surface area contributed by atoms with Crippen LogP contribution in [0.3, 0.4) is 0 Å². The van der Waals surface area contributed by atoms with Crippen molar-refractivity contribution in [1.29, 1.82) is 0 Å². The van der Waals surface area contributed by atoms with Gasteiger partial charge in [-0.05, 0) is 42.3 Å². The molecule has 0 saturated carbocycles. The van der Waals surface area contributed by atoms with Gasteiger partial charge in [-0.1, -0.05) is 23.7 Å². The molecular weight excluding hydrogens is 315 g/mol. The van der Waals surface area contributed by atoms with Gasteiger partial charge in [0, 0.05) is 11.6 Å². The summed E-state index contributed by atoms with van der Waals surface area (Å²) in [6.45, 7) is 0.194. The number of nitrogens with two attached hydrogens (primary N) is 1. The maximum absolute atomic E-state index is 12.9. The van der Waals surface area contributed by atoms with Gasteiger partial charge in [-0.15, -0.1) is 0 Å². The number of benzene rings is 2. The predicted octanol–water partition coefficient (Wildman–Crippen LogP) is 2.58. The van der Waals surface area contributed by atoms with E-state index in [-0.39, 0.29) is 17.1 Å². The minimum atomic E-state index is -3.76. The van der Waals surface area contributed by atoms with Gasteiger partial charge < -0.3 is 5.73 Å². The summed E-state index contributed by atoms with van der Waals surface area (Å²) in [5.41, 5.74) is 6.33. The van der Waals surface area contributed by atoms with Crippen molar-refractivity contribution in [3.05, 3.63) is 58.9 Å². The van der Waals surface area contributed by atoms with Crippen LogP contribution < -0.4 is 10.5 Å². The van der Waals surface area contributed by atoms with Crippen LogP contribution in [0.4, 0.5) is 10.1 Å². The Morgan fingerprint density at radius 1 is 1.19 bits per heavy atom. The summed E-state index contributed by atoms with van der Waals surface area (Å²) in [7, 11) is -3.76. The third-order valence-corrected chi connectivity index (χ3v) is 4.63. The monoisotopic (exact) mass is 328 g/mol. The Morgan fingerprint density at radius 3 is 2.62 bits per heavy atom. The highest BCUT2D eigenvalue weighted by atomic mass is 35.5. The first kappa shape index (κ1) is 15.8. The SMILES string of the molecule is Nc1cc(F)ccc1S(=O)(=O)NCCc1cccc(Cl)c1. The second-order valence-electron chi connectivity index (χ2n) is 4.46. The Morgan fingerprint density at radius 2 is 1.95 bits per heavy atom. The quantitative estimate of drug-likeness (QED) is 0.829. The maximum atomic E-state index is 12.9. The highest BCUT2D eigenvalue weighted by molar-refractivity contribution is 7.89. The standard InChI is InChI=1S/C14H14ClFN2O2S/c15-11-3-1-2-10(8-11)6-7-18-21(19,20)14-5-4-12(16)9-13(14)17/h1-5,8-9,18H,6-7,17H2. The van der Waals surface area contributed by atoms with Crippen LogP contribution in [0.1, 0.15) is 5.56 Å². The summed E-state index contributed by atoms with van der Waals surface area (Å²) in [5.74, 6) is -0.578. The minimum Gasteiger partial charge on any atom is -0.398 e. The van der Waals surface area contributed by atoms with Crippen LogP contribution >= 0.6 is 11.6 Å². The molecule has 7 heteroatoms. The molecule has 3 N–H and O–H groups in total. The molecule has 21 heavy (non-hydrogen) atoms. The van der Waals surface area contributed by atoms with Gasteiger partial charge in [-0.2, -0.15) is 0 Å². The van der Waals surface area contributed by atoms with Crippen LogP contribution in [-0.4, -0.2) is 15.0 Å². The molecule has 0 aromatic heterocycles. The zero-order valence-corrected chi connectivity index (χ0v) is 12.6. The van der Waals surface area contributed by atoms with Gasteiger partial charge in [0.05, 0.1) is 5.69 Å². The summed E-state index contributed by atoms with van der Waals surface area (Å²) in [6.07, 6.45) is 0.487. The highest BCUT2D eigenvalue weighted by Gasteiger charge is 2.17. The van der Waals surface area contributed by atoms with Gasteiger partial charge in [0.15, 0.2) is 0 Å². The number of hydrogen-bond acceptors (Lipinski definition) is 3. The first-order valence-corrected chi connectivity index (χ1v) is 8.04. The van der Waals surface area contributed by atoms with Crippen LogP contribution in [0.15, 0.2) is 47.4 Å². The van der Waals surface area contributed by atoms with E-state index in [1.165, 1.54) is 0 Å². The summed E-state index contributed by atoms with van der Waals surface area (Å²) in [6, 6.07) is 10.3. The second-order valence-corrected chi connectivity index (χ2v) is 6.63. The fourth-order valence-electron chi connectivity index (χ4n) is 1.86. The van der Waals surface area contributed by atoms with Gasteiger partial charge in [-0.25, -0.2) is 17.5 Å². The van der Waals surface area contributed by atoms with E-state index in [0.29, 0.717) is 11.4 Å². The third kappa shape index (κ3) is 4.17. The van der Waals surface area contributed by atoms with Crippen LogP contribution in [0.2, 0.25) is 5.02 Å². The van der Waals surface area contributed by atoms with Gasteiger partial charge in [-0.3, -0.25) is 0 Å². The average molecular weight is 329 g/mol. The first-order valence-electron chi connectivity index (χ1n) is 6.17. The summed E-state index contributed by atoms with van der Waals surface area (Å²) in [5, 5.41) is 0.595. The Bertz CT molecular complexity index is 750. The third-order valence-electron chi connectivity index (χ3n) is 2.86. The summed E-state index contributed by atoms with van der Waals surface area (Å²) >= 11 is 5.85. The number of anilines is 1. The van der Waals surface area contributed by atoms with Crippen molar-refractivity contribution in [3.63, 3.8) is 0 Å². The fraction of sp³-hybridized carbons (Fsp3) is 0.143. The number of rotatable bonds is 5. The van der Waals surface area contributed by atoms with E-state index in [9.17, 15) is 12.8 Å². The molecule has 2 aromatic carbocycles. The number of hydrogen-bond donors (Lipinski definition) is 2. The van der Waals surface area contributed by atoms with E-state index in [1.54, 1.807) is 18.2 Å². The zero-order valence-electron chi connectivity index (χ0n) is 11.0. The zero-order chi connectivity index (χ0) is 15.5. The summed E-state index contributed by atoms with van der Waals surface area (Å²) in [4.78, 5) is -0.130. The number of halogens is 2. The van der Waals surface area contributed by atoms with Crippen molar-refractivity contribution in [3.8, 4) is 0 Å². The molecule has 0 fully saturated rings. The molecule has 2 rings (SSSR count). The van der Waals surface area contributed by atoms with E-state index in [1.807, 2.05) is 6.07 Å². The lowest BCUT2D eigenvalue weighted by atomic mass is 10.2. The molecule has 0 radical (unpaired) electrons. The lowest BCUT2D eigenvalue weighted by Crippen LogP contribution is -2.26. The molecule has 0 aliphatic carbocycles. The van der Waals surface area contributed by atoms with Gasteiger partial charge in [0.1, 0.15) is 10.7 Å². The Labute approximate surface area is 127 Å². The van der Waals surface area contributed by atoms with Crippen LogP contribution in [0, 0.1) is 5.82 Å². The topological polar surface area (TPSA) is 72.2 Å². The second kappa shape index (κ2) is 6.43.